The number of hydrogen-bond donors (Lipinski definition) is 12. The summed E-state index contributed by atoms with van der Waals surface area (Å²) < 4.78 is 1.39. The Morgan fingerprint density at radius 2 is 1.25 bits per heavy atom. The maximum Gasteiger partial charge on any atom is 0.326 e. The SMILES string of the molecule is CN(C=O)/N=N\c1c(C(=O)N/N=C/CNc2c(NCCN3CCN(CC=O)CCN(C(CCC(=O)Nc4c(NCCCCC(NC(=O)NC(CCC(=O)O)C(=O)O)C(=O)O)c(=O)c4=O)C(=O)O)CCN(CC(=O)O)CC3)c(=O)c2=O)ncn1C. The lowest BCUT2D eigenvalue weighted by atomic mass is 10.1. The van der Waals surface area contributed by atoms with Crippen LogP contribution in [-0.2, 0) is 45.4 Å². The molecule has 0 saturated carbocycles. The van der Waals surface area contributed by atoms with E-state index in [4.69, 9.17) is 5.11 Å². The molecule has 3 atom stereocenters. The lowest BCUT2D eigenvalue weighted by molar-refractivity contribution is -0.145. The number of carboxylic acids is 5. The third-order valence-electron chi connectivity index (χ3n) is 13.0. The van der Waals surface area contributed by atoms with Crippen LogP contribution in [0.5, 0.6) is 0 Å². The fraction of sp³-hybridized carbons (Fsp3) is 0.542. The lowest BCUT2D eigenvalue weighted by Crippen LogP contribution is -2.51. The molecule has 2 heterocycles. The molecule has 3 aromatic rings. The highest BCUT2D eigenvalue weighted by Crippen LogP contribution is 2.19. The van der Waals surface area contributed by atoms with E-state index in [1.54, 1.807) is 21.7 Å². The zero-order valence-electron chi connectivity index (χ0n) is 45.8. The van der Waals surface area contributed by atoms with E-state index in [0.29, 0.717) is 19.2 Å². The molecule has 458 valence electrons. The topological polar surface area (TPSA) is 495 Å². The Kier molecular flexibility index (Phi) is 26.7. The number of aryl methyl sites for hydroxylation is 1. The molecule has 36 heteroatoms. The van der Waals surface area contributed by atoms with Gasteiger partial charge in [-0.1, -0.05) is 5.22 Å². The Morgan fingerprint density at radius 3 is 1.86 bits per heavy atom. The van der Waals surface area contributed by atoms with Gasteiger partial charge in [0.05, 0.1) is 26.0 Å². The number of nitrogens with one attached hydrogen (secondary N) is 7. The smallest absolute Gasteiger partial charge is 0.326 e. The zero-order valence-corrected chi connectivity index (χ0v) is 45.8. The van der Waals surface area contributed by atoms with E-state index < -0.39 is 113 Å². The Bertz CT molecular complexity index is 3040. The number of hydrazone groups is 1. The Labute approximate surface area is 476 Å². The number of aliphatic carboxylic acids is 5. The van der Waals surface area contributed by atoms with Gasteiger partial charge in [-0.15, -0.1) is 5.11 Å². The molecule has 1 aliphatic rings. The molecule has 84 heavy (non-hydrogen) atoms. The summed E-state index contributed by atoms with van der Waals surface area (Å²) in [6.45, 7) is 1.17. The molecule has 12 N–H and O–H groups in total. The number of hydrogen-bond acceptors (Lipinski definition) is 25. The minimum absolute atomic E-state index is 0.00134. The van der Waals surface area contributed by atoms with Crippen LogP contribution < -0.4 is 59.0 Å². The van der Waals surface area contributed by atoms with Gasteiger partial charge in [-0.3, -0.25) is 67.5 Å². The number of unbranched alkanes of at least 4 members (excludes halogenated alkanes) is 1. The number of aromatic nitrogens is 2. The van der Waals surface area contributed by atoms with Gasteiger partial charge in [0, 0.05) is 105 Å². The first-order valence-corrected chi connectivity index (χ1v) is 26.1. The van der Waals surface area contributed by atoms with Gasteiger partial charge in [0.2, 0.25) is 12.3 Å². The van der Waals surface area contributed by atoms with Gasteiger partial charge in [-0.05, 0) is 32.1 Å². The molecular formula is C48H67N17O19. The number of carboxylic acid groups (broad SMARTS) is 5. The van der Waals surface area contributed by atoms with Gasteiger partial charge in [0.1, 0.15) is 47.2 Å². The van der Waals surface area contributed by atoms with Gasteiger partial charge >= 0.3 is 35.9 Å². The summed E-state index contributed by atoms with van der Waals surface area (Å²) in [4.78, 5) is 181. The van der Waals surface area contributed by atoms with Crippen LogP contribution in [0, 0.1) is 0 Å². The summed E-state index contributed by atoms with van der Waals surface area (Å²) in [5.41, 5.74) is -2.08. The van der Waals surface area contributed by atoms with Crippen molar-refractivity contribution in [3.8, 4) is 0 Å². The third-order valence-corrected chi connectivity index (χ3v) is 13.0. The highest BCUT2D eigenvalue weighted by Gasteiger charge is 2.31. The molecular weight excluding hydrogens is 1120 g/mol. The molecule has 1 fully saturated rings. The third kappa shape index (κ3) is 20.8. The van der Waals surface area contributed by atoms with Gasteiger partial charge in [-0.25, -0.2) is 29.8 Å². The molecule has 0 aliphatic carbocycles. The van der Waals surface area contributed by atoms with Crippen LogP contribution in [0.15, 0.2) is 40.9 Å². The number of carbonyl (C=O) groups excluding carboxylic acids is 5. The monoisotopic (exact) mass is 1190 g/mol. The van der Waals surface area contributed by atoms with E-state index >= 15 is 0 Å². The van der Waals surface area contributed by atoms with Crippen molar-refractivity contribution in [2.75, 3.05) is 120 Å². The first kappa shape index (κ1) is 67.1. The number of aldehydes is 1. The van der Waals surface area contributed by atoms with E-state index in [9.17, 15) is 87.5 Å². The highest BCUT2D eigenvalue weighted by molar-refractivity contribution is 5.97. The van der Waals surface area contributed by atoms with Crippen LogP contribution in [0.3, 0.4) is 0 Å². The predicted octanol–water partition coefficient (Wildman–Crippen LogP) is -4.03. The largest absolute Gasteiger partial charge is 0.481 e. The average Bonchev–Trinajstić information content (AvgIpc) is 3.80. The maximum atomic E-state index is 13.2. The fourth-order valence-corrected chi connectivity index (χ4v) is 8.42. The summed E-state index contributed by atoms with van der Waals surface area (Å²) in [5, 5.41) is 75.0. The molecule has 1 saturated heterocycles. The summed E-state index contributed by atoms with van der Waals surface area (Å²) in [5.74, 6) is -8.31. The highest BCUT2D eigenvalue weighted by atomic mass is 16.4. The average molecular weight is 1190 g/mol. The number of nitrogens with zero attached hydrogens (tertiary/aromatic N) is 10. The zero-order chi connectivity index (χ0) is 62.0. The van der Waals surface area contributed by atoms with E-state index in [2.05, 4.69) is 52.4 Å². The second-order valence-corrected chi connectivity index (χ2v) is 19.0. The number of amides is 5. The fourth-order valence-electron chi connectivity index (χ4n) is 8.42. The van der Waals surface area contributed by atoms with Crippen molar-refractivity contribution in [2.45, 2.75) is 63.1 Å². The lowest BCUT2D eigenvalue weighted by Gasteiger charge is -2.35. The van der Waals surface area contributed by atoms with Crippen LogP contribution in [0.25, 0.3) is 0 Å². The number of imidazole rings is 1. The second-order valence-electron chi connectivity index (χ2n) is 19.0. The van der Waals surface area contributed by atoms with Crippen molar-refractivity contribution < 1.29 is 73.5 Å². The molecule has 2 aromatic carbocycles. The first-order chi connectivity index (χ1) is 39.9. The van der Waals surface area contributed by atoms with Crippen LogP contribution in [-0.4, -0.2) is 243 Å². The molecule has 1 aliphatic heterocycles. The molecule has 1 aromatic heterocycles. The number of rotatable bonds is 35. The van der Waals surface area contributed by atoms with Crippen LogP contribution in [0.1, 0.15) is 55.4 Å². The normalized spacial score (nSPS) is 15.3. The quantitative estimate of drug-likeness (QED) is 0.00666. The van der Waals surface area contributed by atoms with E-state index in [0.717, 1.165) is 5.01 Å². The van der Waals surface area contributed by atoms with Crippen LogP contribution in [0.2, 0.25) is 0 Å². The minimum Gasteiger partial charge on any atom is -0.481 e. The molecule has 3 unspecified atom stereocenters. The molecule has 36 nitrogen and oxygen atoms in total. The van der Waals surface area contributed by atoms with Crippen molar-refractivity contribution in [3.63, 3.8) is 0 Å². The van der Waals surface area contributed by atoms with Crippen molar-refractivity contribution in [3.05, 3.63) is 52.9 Å². The van der Waals surface area contributed by atoms with Crippen LogP contribution >= 0.6 is 0 Å². The number of urea groups is 1. The van der Waals surface area contributed by atoms with Gasteiger partial charge in [0.25, 0.3) is 27.6 Å². The number of anilines is 4. The van der Waals surface area contributed by atoms with Gasteiger partial charge in [-0.2, -0.15) is 5.10 Å². The summed E-state index contributed by atoms with van der Waals surface area (Å²) in [6.07, 6.45) is 1.93. The van der Waals surface area contributed by atoms with Crippen molar-refractivity contribution in [1.82, 2.24) is 50.2 Å². The van der Waals surface area contributed by atoms with Gasteiger partial charge < -0.3 is 66.8 Å². The van der Waals surface area contributed by atoms with E-state index in [-0.39, 0.29) is 138 Å². The Balaban J connectivity index is 1.30. The maximum absolute atomic E-state index is 13.2. The molecule has 0 bridgehead atoms. The predicted molar refractivity (Wildman–Crippen MR) is 295 cm³/mol. The Hall–Kier alpha value is -9.42. The number of carbonyl (C=O) groups is 10. The van der Waals surface area contributed by atoms with E-state index in [1.165, 1.54) is 24.2 Å². The summed E-state index contributed by atoms with van der Waals surface area (Å²) in [7, 11) is 2.89. The van der Waals surface area contributed by atoms with Crippen molar-refractivity contribution in [2.24, 2.45) is 22.5 Å². The standard InChI is InChI=1S/C48H67N17O19/c1-60-26-52-38(43(60)57-59-61(2)27-67)44(77)58-53-12-11-50-34-35(40(74)39(34)73)51-13-14-62-15-16-63(23-24-66)19-21-65(22-20-64(18-17-62)25-33(71)72)30(47(82)83)7-8-31(68)56-37-36(41(75)42(37)76)49-10-4-3-5-28(45(78)79)54-48(84)55-29(46(80)81)6-9-32(69)70/h12,24,26-30,49-51H,3-11,13-23,25H2,1-2H3,(H,56,68)(H,58,77)(H,69,70)(H,71,72)(H,78,79)(H,80,81)(H,82,83)(H2,54,55,84)/b53-12+,59-57-. The second kappa shape index (κ2) is 33.5. The molecule has 0 spiro atoms. The molecule has 5 amide bonds. The van der Waals surface area contributed by atoms with Crippen LogP contribution in [0.4, 0.5) is 33.4 Å². The summed E-state index contributed by atoms with van der Waals surface area (Å²) >= 11 is 0. The molecule has 0 radical (unpaired) electrons. The van der Waals surface area contributed by atoms with Crippen molar-refractivity contribution >= 4 is 95.2 Å². The van der Waals surface area contributed by atoms with Gasteiger partial charge in [0.15, 0.2) is 11.5 Å². The molecule has 4 rings (SSSR count). The summed E-state index contributed by atoms with van der Waals surface area (Å²) in [6, 6.07) is -5.58. The van der Waals surface area contributed by atoms with Crippen molar-refractivity contribution in [1.29, 1.82) is 0 Å². The Morgan fingerprint density at radius 1 is 0.679 bits per heavy atom. The first-order valence-electron chi connectivity index (χ1n) is 26.1. The van der Waals surface area contributed by atoms with E-state index in [1.807, 2.05) is 10.2 Å². The minimum atomic E-state index is -1.60.